The second-order valence-corrected chi connectivity index (χ2v) is 34.4. The molecule has 0 radical (unpaired) electrons. The Balaban J connectivity index is 1.02. The number of nitrogens with two attached hydrogens (primary N) is 1. The molecule has 0 saturated carbocycles. The van der Waals surface area contributed by atoms with Crippen molar-refractivity contribution in [2.45, 2.75) is 207 Å². The first-order valence-electron chi connectivity index (χ1n) is 44.6. The Labute approximate surface area is 784 Å². The lowest BCUT2D eigenvalue weighted by Gasteiger charge is -2.41. The number of benzene rings is 7. The fourth-order valence-electron chi connectivity index (χ4n) is 16.7. The van der Waals surface area contributed by atoms with E-state index in [0.29, 0.717) is 44.6 Å². The number of rotatable bonds is 30. The molecule has 8 aliphatic heterocycles. The largest absolute Gasteiger partial charge is 0.508 e. The summed E-state index contributed by atoms with van der Waals surface area (Å²) in [7, 11) is 2.40. The molecule has 40 nitrogen and oxygen atoms in total. The summed E-state index contributed by atoms with van der Waals surface area (Å²) >= 11 is 14.4. The van der Waals surface area contributed by atoms with Gasteiger partial charge in [0, 0.05) is 48.2 Å². The van der Waals surface area contributed by atoms with Gasteiger partial charge in [-0.05, 0) is 172 Å². The van der Waals surface area contributed by atoms with Crippen LogP contribution in [-0.2, 0) is 63.8 Å². The molecule has 135 heavy (non-hydrogen) atoms. The number of hydrogen-bond acceptors (Lipinski definition) is 32. The van der Waals surface area contributed by atoms with Crippen molar-refractivity contribution in [2.75, 3.05) is 60.0 Å². The van der Waals surface area contributed by atoms with Crippen molar-refractivity contribution in [2.24, 2.45) is 5.73 Å². The second-order valence-electron chi connectivity index (χ2n) is 33.6. The van der Waals surface area contributed by atoms with Gasteiger partial charge in [0.2, 0.25) is 65.6 Å². The zero-order valence-electron chi connectivity index (χ0n) is 73.9. The minimum absolute atomic E-state index is 0.113. The monoisotopic (exact) mass is 1910 g/mol. The lowest BCUT2D eigenvalue weighted by Crippen LogP contribution is -2.66. The van der Waals surface area contributed by atoms with Gasteiger partial charge >= 0.3 is 5.97 Å². The van der Waals surface area contributed by atoms with Gasteiger partial charge in [-0.2, -0.15) is 0 Å². The highest BCUT2D eigenvalue weighted by Crippen LogP contribution is 2.51. The van der Waals surface area contributed by atoms with Gasteiger partial charge in [0.1, 0.15) is 131 Å². The first-order chi connectivity index (χ1) is 64.9. The molecular formula is C93H112Cl2N12O28. The molecule has 18 atom stereocenters. The van der Waals surface area contributed by atoms with Gasteiger partial charge in [-0.1, -0.05) is 112 Å². The highest BCUT2D eigenvalue weighted by molar-refractivity contribution is 6.33. The van der Waals surface area contributed by atoms with E-state index >= 15 is 28.8 Å². The van der Waals surface area contributed by atoms with Gasteiger partial charge in [0.25, 0.3) is 0 Å². The number of fused-ring (bicyclic) bond motifs is 14. The Kier molecular flexibility index (Phi) is 34.3. The number of aromatic hydroxyl groups is 4. The van der Waals surface area contributed by atoms with Gasteiger partial charge in [-0.25, -0.2) is 4.79 Å². The second kappa shape index (κ2) is 46.0. The summed E-state index contributed by atoms with van der Waals surface area (Å²) in [5, 5.41) is 158. The lowest BCUT2D eigenvalue weighted by molar-refractivity contribution is -0.277. The molecule has 8 aliphatic rings. The average Bonchev–Trinajstić information content (AvgIpc) is 0.710. The van der Waals surface area contributed by atoms with Crippen molar-refractivity contribution in [3.8, 4) is 80.1 Å². The van der Waals surface area contributed by atoms with Crippen molar-refractivity contribution >= 4 is 76.4 Å². The van der Waals surface area contributed by atoms with Crippen molar-refractivity contribution < 1.29 is 137 Å². The predicted molar refractivity (Wildman–Crippen MR) is 482 cm³/mol. The number of phenolic OH excluding ortho intramolecular Hbond substituents is 4. The number of ether oxygens (including phenoxy) is 8. The maximum absolute atomic E-state index is 16.9. The van der Waals surface area contributed by atoms with Crippen LogP contribution in [0.3, 0.4) is 0 Å². The van der Waals surface area contributed by atoms with E-state index in [1.54, 1.807) is 0 Å². The van der Waals surface area contributed by atoms with Crippen LogP contribution in [0.15, 0.2) is 115 Å². The van der Waals surface area contributed by atoms with Crippen LogP contribution in [0.5, 0.6) is 69.0 Å². The van der Waals surface area contributed by atoms with Crippen LogP contribution in [0.25, 0.3) is 11.1 Å². The van der Waals surface area contributed by atoms with Crippen LogP contribution in [0.4, 0.5) is 0 Å². The number of amides is 8. The van der Waals surface area contributed by atoms with E-state index in [0.717, 1.165) is 138 Å². The average molecular weight is 1920 g/mol. The Morgan fingerprint density at radius 1 is 0.526 bits per heavy atom. The minimum atomic E-state index is -2.44. The third kappa shape index (κ3) is 23.9. The first kappa shape index (κ1) is 100. The number of aliphatic hydroxyl groups is 7. The van der Waals surface area contributed by atoms with E-state index in [4.69, 9.17) is 66.8 Å². The third-order valence-electron chi connectivity index (χ3n) is 24.0. The van der Waals surface area contributed by atoms with Crippen LogP contribution in [-0.4, -0.2) is 243 Å². The molecule has 42 heteroatoms. The Hall–Kier alpha value is -12.0. The molecule has 15 rings (SSSR count). The number of aliphatic hydroxyl groups excluding tert-OH is 7. The van der Waals surface area contributed by atoms with Crippen LogP contribution in [0.2, 0.25) is 10.0 Å². The molecule has 0 aromatic heterocycles. The molecule has 0 unspecified atom stereocenters. The highest BCUT2D eigenvalue weighted by atomic mass is 35.5. The van der Waals surface area contributed by atoms with Gasteiger partial charge in [-0.15, -0.1) is 0 Å². The molecule has 8 heterocycles. The SMILES string of the molecule is CCCCCCCCCCCC(=O)N[C@H]1[C@H](Oc2c3cc4cc2Oc2ccc(cc2Cl)[C@@H](O)[C@@H]2NC(=O)[C@H](NC(=O)[C@@H]4NC(=O)[C@H]4NC(=O)[C@@H](Cc5ccc(cc5)O3)NC(=O)[C@@H](NC)c3ccc(O)c(c3)Oc3cc(O)c(Cl)c4c3)c3ccc(O)c(c3)-c3c(O[C@H]4O[C@H](CO)[C@@H](O)[C@H](O)[C@@H]4O)cc(O)cc3[C@@H](C(=O)NCCCNCCCNCCCN)NC2=O)O[C@H](C(=O)OC)[C@@H](O)[C@@H]1O. The smallest absolute Gasteiger partial charge is 0.337 e. The van der Waals surface area contributed by atoms with Gasteiger partial charge < -0.3 is 158 Å². The number of esters is 1. The number of unbranched alkanes of at least 4 members (excludes halogenated alkanes) is 8. The Morgan fingerprint density at radius 3 is 1.84 bits per heavy atom. The maximum Gasteiger partial charge on any atom is 0.337 e. The van der Waals surface area contributed by atoms with Gasteiger partial charge in [-0.3, -0.25) is 38.4 Å². The number of nitrogens with one attached hydrogen (secondary N) is 11. The predicted octanol–water partition coefficient (Wildman–Crippen LogP) is 3.76. The van der Waals surface area contributed by atoms with Gasteiger partial charge in [0.15, 0.2) is 29.1 Å². The molecule has 17 bridgehead atoms. The van der Waals surface area contributed by atoms with Crippen molar-refractivity contribution in [3.63, 3.8) is 0 Å². The van der Waals surface area contributed by atoms with E-state index in [1.165, 1.54) is 55.6 Å². The van der Waals surface area contributed by atoms with Crippen LogP contribution < -0.4 is 87.9 Å². The number of hydrogen-bond donors (Lipinski definition) is 23. The molecule has 2 saturated heterocycles. The third-order valence-corrected chi connectivity index (χ3v) is 24.7. The summed E-state index contributed by atoms with van der Waals surface area (Å²) in [5.74, 6) is -17.1. The fraction of sp³-hybridized carbons (Fsp3) is 0.452. The summed E-state index contributed by atoms with van der Waals surface area (Å²) in [5.41, 5.74) is 3.03. The van der Waals surface area contributed by atoms with E-state index in [9.17, 15) is 70.6 Å². The van der Waals surface area contributed by atoms with Crippen LogP contribution >= 0.6 is 23.2 Å². The number of halogens is 2. The summed E-state index contributed by atoms with van der Waals surface area (Å²) in [6.45, 7) is 3.86. The van der Waals surface area contributed by atoms with Crippen LogP contribution in [0, 0.1) is 0 Å². The number of methoxy groups -OCH3 is 1. The summed E-state index contributed by atoms with van der Waals surface area (Å²) in [6, 6.07) is 6.04. The number of likely N-dealkylation sites (N-methyl/N-ethyl adjacent to an activating group) is 1. The van der Waals surface area contributed by atoms with Crippen molar-refractivity contribution in [1.82, 2.24) is 58.5 Å². The molecule has 8 amide bonds. The number of carbonyl (C=O) groups is 9. The number of phenols is 4. The van der Waals surface area contributed by atoms with Crippen molar-refractivity contribution in [1.29, 1.82) is 0 Å². The Bertz CT molecular complexity index is 5450. The molecular weight excluding hydrogens is 1800 g/mol. The zero-order chi connectivity index (χ0) is 96.6. The van der Waals surface area contributed by atoms with Gasteiger partial charge in [0.05, 0.1) is 23.8 Å². The van der Waals surface area contributed by atoms with E-state index in [2.05, 4.69) is 65.4 Å². The van der Waals surface area contributed by atoms with E-state index in [1.807, 2.05) is 0 Å². The van der Waals surface area contributed by atoms with E-state index < -0.39 is 271 Å². The summed E-state index contributed by atoms with van der Waals surface area (Å²) in [6.07, 6.45) is -11.4. The van der Waals surface area contributed by atoms with Crippen molar-refractivity contribution in [3.05, 3.63) is 164 Å². The van der Waals surface area contributed by atoms with E-state index in [-0.39, 0.29) is 47.8 Å². The van der Waals surface area contributed by atoms with Crippen LogP contribution in [0.1, 0.15) is 166 Å². The molecule has 7 aromatic carbocycles. The normalized spacial score (nSPS) is 25.0. The maximum atomic E-state index is 16.9. The molecule has 2 fully saturated rings. The highest BCUT2D eigenvalue weighted by Gasteiger charge is 2.52. The quantitative estimate of drug-likeness (QED) is 0.0225. The molecule has 726 valence electrons. The Morgan fingerprint density at radius 2 is 1.16 bits per heavy atom. The fourth-order valence-corrected chi connectivity index (χ4v) is 17.1. The standard InChI is InChI=1S/C93H112Cl2N12O28/c1-4-5-6-7-8-9-10-11-12-16-66(113)102-75-78(116)80(118)83(91(127)128-3)135-92(75)134-82-63-37-48-38-64(82)131-60-26-21-47(35-55(60)94)76(114)74-90(126)106-72(85(121)100-32-15-31-99-30-14-29-98-28-13-27-96)53-39-49(109)40-62(132-93-81(119)79(117)77(115)65(43-108)133-93)67(53)52-34-45(19-24-57(52)110)70(87(123)107-74)103-88(124)71(48)104-89(125)73-54-41-51(42-59(112)68(54)95)130-61-36-46(20-25-58(61)111)69(97-2)86(122)101-56(84(120)105-73)33-44-17-22-50(129-63)23-18-44/h17-26,34-42,56,65,69-81,83,92-93,97-99,108-112,114-119H,4-16,27-33,43,96H2,1-3H3,(H,100,121)(H,101,122)(H,102,113)(H,103,124)(H,104,125)(H,105,120)(H,106,126)(H,107,123)/t56-,65-,69+,70-,71-,72+,73+,74+,75-,76-,77-,78-,79+,80+,81+,83+,92-,93+/m1/s1. The number of carbonyl (C=O) groups excluding carboxylic acids is 9. The molecule has 0 spiro atoms. The minimum Gasteiger partial charge on any atom is -0.508 e. The topological polar surface area (TPSA) is 608 Å². The lowest BCUT2D eigenvalue weighted by atomic mass is 9.89. The summed E-state index contributed by atoms with van der Waals surface area (Å²) < 4.78 is 50.1. The first-order valence-corrected chi connectivity index (χ1v) is 45.4. The molecule has 7 aromatic rings. The zero-order valence-corrected chi connectivity index (χ0v) is 75.4. The molecule has 0 aliphatic carbocycles. The summed E-state index contributed by atoms with van der Waals surface area (Å²) in [4.78, 5) is 140. The molecule has 24 N–H and O–H groups in total.